The van der Waals surface area contributed by atoms with Gasteiger partial charge in [-0.25, -0.2) is 9.37 Å². The van der Waals surface area contributed by atoms with E-state index < -0.39 is 12.7 Å². The van der Waals surface area contributed by atoms with Gasteiger partial charge in [-0.05, 0) is 85.7 Å². The number of hydrogen-bond acceptors (Lipinski definition) is 6. The van der Waals surface area contributed by atoms with Gasteiger partial charge in [-0.2, -0.15) is 0 Å². The van der Waals surface area contributed by atoms with Crippen LogP contribution in [0.1, 0.15) is 45.8 Å². The lowest BCUT2D eigenvalue weighted by molar-refractivity contribution is 0.0521. The molecule has 1 heterocycles. The number of carbonyl (C=O) groups excluding carboxylic acids is 1. The summed E-state index contributed by atoms with van der Waals surface area (Å²) >= 11 is 0. The fraction of sp³-hybridized carbons (Fsp3) is 0.308. The molecule has 1 amide bonds. The minimum atomic E-state index is -1.03. The largest absolute Gasteiger partial charge is 0.475 e. The predicted molar refractivity (Wildman–Crippen MR) is 125 cm³/mol. The molecule has 0 radical (unpaired) electrons. The Kier molecular flexibility index (Phi) is 7.09. The van der Waals surface area contributed by atoms with Crippen molar-refractivity contribution in [3.8, 4) is 17.4 Å². The number of aliphatic hydroxyl groups is 2. The highest BCUT2D eigenvalue weighted by molar-refractivity contribution is 6.06. The van der Waals surface area contributed by atoms with Crippen molar-refractivity contribution in [2.75, 3.05) is 18.5 Å². The zero-order chi connectivity index (χ0) is 24.2. The molecule has 4 rings (SSSR count). The number of rotatable bonds is 9. The van der Waals surface area contributed by atoms with E-state index in [4.69, 9.17) is 14.6 Å². The fourth-order valence-corrected chi connectivity index (χ4v) is 3.64. The van der Waals surface area contributed by atoms with Gasteiger partial charge < -0.3 is 25.0 Å². The average Bonchev–Trinajstić information content (AvgIpc) is 3.65. The Morgan fingerprint density at radius 2 is 1.94 bits per heavy atom. The minimum absolute atomic E-state index is 0.127. The van der Waals surface area contributed by atoms with E-state index in [1.54, 1.807) is 19.1 Å². The Bertz CT molecular complexity index is 1200. The molecule has 1 aliphatic carbocycles. The van der Waals surface area contributed by atoms with E-state index in [1.807, 2.05) is 19.1 Å². The summed E-state index contributed by atoms with van der Waals surface area (Å²) in [6.07, 6.45) is 2.65. The van der Waals surface area contributed by atoms with Crippen LogP contribution >= 0.6 is 0 Å². The van der Waals surface area contributed by atoms with E-state index in [-0.39, 0.29) is 24.2 Å². The van der Waals surface area contributed by atoms with E-state index in [0.29, 0.717) is 34.2 Å². The first-order valence-corrected chi connectivity index (χ1v) is 11.1. The van der Waals surface area contributed by atoms with Gasteiger partial charge in [0.2, 0.25) is 5.88 Å². The standard InChI is InChI=1S/C26H27FN2O5/c1-15-10-22(26(32)29-19-7-8-28-25(11-19)33-14-20(31)13-30)24(12-21(15)17-3-4-17)34-23-6-5-18(27)9-16(23)2/h5-12,17,20,30-31H,3-4,13-14H2,1-2H3,(H,28,29,32)/t20-/m0/s1. The van der Waals surface area contributed by atoms with Crippen molar-refractivity contribution in [2.24, 2.45) is 0 Å². The minimum Gasteiger partial charge on any atom is -0.475 e. The monoisotopic (exact) mass is 466 g/mol. The molecule has 0 unspecified atom stereocenters. The normalized spacial score (nSPS) is 13.9. The van der Waals surface area contributed by atoms with Crippen LogP contribution < -0.4 is 14.8 Å². The molecular weight excluding hydrogens is 439 g/mol. The molecule has 0 bridgehead atoms. The highest BCUT2D eigenvalue weighted by atomic mass is 19.1. The molecule has 3 aromatic rings. The van der Waals surface area contributed by atoms with Gasteiger partial charge in [0.05, 0.1) is 12.2 Å². The first-order valence-electron chi connectivity index (χ1n) is 11.1. The summed E-state index contributed by atoms with van der Waals surface area (Å²) in [4.78, 5) is 17.3. The van der Waals surface area contributed by atoms with E-state index in [1.165, 1.54) is 24.4 Å². The third-order valence-corrected chi connectivity index (χ3v) is 5.61. The third-order valence-electron chi connectivity index (χ3n) is 5.61. The second kappa shape index (κ2) is 10.2. The molecular formula is C26H27FN2O5. The molecule has 178 valence electrons. The molecule has 8 heteroatoms. The molecule has 1 atom stereocenters. The maximum absolute atomic E-state index is 13.6. The van der Waals surface area contributed by atoms with Crippen LogP contribution in [-0.4, -0.2) is 40.4 Å². The van der Waals surface area contributed by atoms with Crippen LogP contribution in [0.15, 0.2) is 48.7 Å². The second-order valence-corrected chi connectivity index (χ2v) is 8.48. The third kappa shape index (κ3) is 5.70. The molecule has 2 aromatic carbocycles. The van der Waals surface area contributed by atoms with Crippen LogP contribution in [0.2, 0.25) is 0 Å². The zero-order valence-electron chi connectivity index (χ0n) is 19.0. The molecule has 1 aliphatic rings. The van der Waals surface area contributed by atoms with Crippen LogP contribution in [0.3, 0.4) is 0 Å². The Hall–Kier alpha value is -3.49. The number of carbonyl (C=O) groups is 1. The summed E-state index contributed by atoms with van der Waals surface area (Å²) in [5.74, 6) is 0.798. The number of pyridine rings is 1. The number of nitrogens with one attached hydrogen (secondary N) is 1. The van der Waals surface area contributed by atoms with Crippen LogP contribution in [0, 0.1) is 19.7 Å². The lowest BCUT2D eigenvalue weighted by atomic mass is 9.99. The Balaban J connectivity index is 1.60. The molecule has 0 saturated heterocycles. The van der Waals surface area contributed by atoms with Gasteiger partial charge in [0.15, 0.2) is 0 Å². The number of anilines is 1. The van der Waals surface area contributed by atoms with Gasteiger partial charge in [-0.15, -0.1) is 0 Å². The predicted octanol–water partition coefficient (Wildman–Crippen LogP) is 4.49. The summed E-state index contributed by atoms with van der Waals surface area (Å²) in [5.41, 5.74) is 3.57. The van der Waals surface area contributed by atoms with Gasteiger partial charge in [-0.1, -0.05) is 0 Å². The molecule has 0 spiro atoms. The number of aromatic nitrogens is 1. The first kappa shape index (κ1) is 23.7. The molecule has 1 aromatic heterocycles. The Morgan fingerprint density at radius 1 is 1.15 bits per heavy atom. The van der Waals surface area contributed by atoms with E-state index >= 15 is 0 Å². The Labute approximate surface area is 197 Å². The van der Waals surface area contributed by atoms with Crippen molar-refractivity contribution >= 4 is 11.6 Å². The van der Waals surface area contributed by atoms with Gasteiger partial charge >= 0.3 is 0 Å². The van der Waals surface area contributed by atoms with Crippen molar-refractivity contribution in [1.82, 2.24) is 4.98 Å². The highest BCUT2D eigenvalue weighted by Gasteiger charge is 2.28. The van der Waals surface area contributed by atoms with Crippen LogP contribution in [-0.2, 0) is 0 Å². The lowest BCUT2D eigenvalue weighted by Gasteiger charge is -2.17. The van der Waals surface area contributed by atoms with Crippen molar-refractivity contribution < 1.29 is 28.9 Å². The van der Waals surface area contributed by atoms with Crippen LogP contribution in [0.4, 0.5) is 10.1 Å². The highest BCUT2D eigenvalue weighted by Crippen LogP contribution is 2.44. The van der Waals surface area contributed by atoms with Crippen LogP contribution in [0.5, 0.6) is 17.4 Å². The lowest BCUT2D eigenvalue weighted by Crippen LogP contribution is -2.21. The van der Waals surface area contributed by atoms with E-state index in [2.05, 4.69) is 10.3 Å². The summed E-state index contributed by atoms with van der Waals surface area (Å²) < 4.78 is 25.0. The second-order valence-electron chi connectivity index (χ2n) is 8.48. The van der Waals surface area contributed by atoms with Crippen molar-refractivity contribution in [3.05, 3.63) is 76.7 Å². The van der Waals surface area contributed by atoms with Gasteiger partial charge in [0.25, 0.3) is 5.91 Å². The summed E-state index contributed by atoms with van der Waals surface area (Å²) in [5, 5.41) is 21.2. The molecule has 1 saturated carbocycles. The molecule has 34 heavy (non-hydrogen) atoms. The first-order chi connectivity index (χ1) is 16.3. The molecule has 0 aliphatic heterocycles. The number of hydrogen-bond donors (Lipinski definition) is 3. The van der Waals surface area contributed by atoms with Gasteiger partial charge in [0, 0.05) is 18.0 Å². The van der Waals surface area contributed by atoms with Gasteiger partial charge in [-0.3, -0.25) is 4.79 Å². The quantitative estimate of drug-likeness (QED) is 0.430. The topological polar surface area (TPSA) is 101 Å². The van der Waals surface area contributed by atoms with Crippen molar-refractivity contribution in [2.45, 2.75) is 38.7 Å². The molecule has 7 nitrogen and oxygen atoms in total. The number of halogens is 1. The summed E-state index contributed by atoms with van der Waals surface area (Å²) in [6, 6.07) is 11.1. The number of aliphatic hydroxyl groups excluding tert-OH is 2. The maximum Gasteiger partial charge on any atom is 0.259 e. The molecule has 3 N–H and O–H groups in total. The zero-order valence-corrected chi connectivity index (χ0v) is 19.0. The smallest absolute Gasteiger partial charge is 0.259 e. The van der Waals surface area contributed by atoms with E-state index in [0.717, 1.165) is 24.0 Å². The maximum atomic E-state index is 13.6. The molecule has 1 fully saturated rings. The van der Waals surface area contributed by atoms with Crippen molar-refractivity contribution in [3.63, 3.8) is 0 Å². The van der Waals surface area contributed by atoms with Crippen molar-refractivity contribution in [1.29, 1.82) is 0 Å². The average molecular weight is 467 g/mol. The number of nitrogens with zero attached hydrogens (tertiary/aromatic N) is 1. The Morgan fingerprint density at radius 3 is 2.65 bits per heavy atom. The van der Waals surface area contributed by atoms with Crippen LogP contribution in [0.25, 0.3) is 0 Å². The fourth-order valence-electron chi connectivity index (χ4n) is 3.64. The number of benzene rings is 2. The number of amides is 1. The summed E-state index contributed by atoms with van der Waals surface area (Å²) in [7, 11) is 0. The number of aryl methyl sites for hydroxylation is 2. The number of ether oxygens (including phenoxy) is 2. The summed E-state index contributed by atoms with van der Waals surface area (Å²) in [6.45, 7) is 3.17. The van der Waals surface area contributed by atoms with Gasteiger partial charge in [0.1, 0.15) is 30.0 Å². The van der Waals surface area contributed by atoms with E-state index in [9.17, 15) is 14.3 Å². The SMILES string of the molecule is Cc1cc(F)ccc1Oc1cc(C2CC2)c(C)cc1C(=O)Nc1ccnc(OC[C@@H](O)CO)c1.